The maximum absolute atomic E-state index is 12.4. The lowest BCUT2D eigenvalue weighted by molar-refractivity contribution is 0.0131. The first-order valence-electron chi connectivity index (χ1n) is 11.8. The third kappa shape index (κ3) is 6.49. The molecule has 1 saturated carbocycles. The van der Waals surface area contributed by atoms with Crippen LogP contribution >= 0.6 is 0 Å². The molecule has 178 valence electrons. The van der Waals surface area contributed by atoms with Crippen molar-refractivity contribution in [2.24, 2.45) is 0 Å². The molecule has 0 radical (unpaired) electrons. The van der Waals surface area contributed by atoms with E-state index in [1.54, 1.807) is 6.26 Å². The lowest BCUT2D eigenvalue weighted by Crippen LogP contribution is -2.48. The molecule has 1 atom stereocenters. The van der Waals surface area contributed by atoms with Gasteiger partial charge in [0.1, 0.15) is 11.9 Å². The summed E-state index contributed by atoms with van der Waals surface area (Å²) in [4.78, 5) is 22.4. The van der Waals surface area contributed by atoms with Gasteiger partial charge in [0.05, 0.1) is 5.69 Å². The summed E-state index contributed by atoms with van der Waals surface area (Å²) in [5, 5.41) is 0. The van der Waals surface area contributed by atoms with E-state index in [4.69, 9.17) is 9.72 Å². The molecule has 0 bridgehead atoms. The highest BCUT2D eigenvalue weighted by atomic mass is 32.2. The number of pyridine rings is 1. The fourth-order valence-corrected chi connectivity index (χ4v) is 4.91. The molecule has 1 aromatic heterocycles. The molecule has 1 aromatic carbocycles. The van der Waals surface area contributed by atoms with Crippen LogP contribution in [0.25, 0.3) is 11.3 Å². The highest BCUT2D eigenvalue weighted by Crippen LogP contribution is 2.33. The van der Waals surface area contributed by atoms with Crippen molar-refractivity contribution in [1.82, 2.24) is 14.8 Å². The van der Waals surface area contributed by atoms with E-state index >= 15 is 0 Å². The molecule has 7 heteroatoms. The molecule has 1 aliphatic heterocycles. The summed E-state index contributed by atoms with van der Waals surface area (Å²) >= 11 is -0.970. The van der Waals surface area contributed by atoms with E-state index < -0.39 is 16.8 Å². The lowest BCUT2D eigenvalue weighted by Gasteiger charge is -2.39. The molecule has 2 heterocycles. The van der Waals surface area contributed by atoms with Gasteiger partial charge in [0.25, 0.3) is 0 Å². The Hall–Kier alpha value is -2.09. The summed E-state index contributed by atoms with van der Waals surface area (Å²) < 4.78 is 17.1. The van der Waals surface area contributed by atoms with Crippen LogP contribution in [0.15, 0.2) is 47.5 Å². The summed E-state index contributed by atoms with van der Waals surface area (Å²) in [5.74, 6) is 0. The SMILES string of the molecule is C[S+]([O-])c1ccc(-c2ccc(CN(C3CC3)C3CCN(C(=O)OC(C)(C)C)CC3)cn2)cc1. The van der Waals surface area contributed by atoms with Crippen LogP contribution in [-0.2, 0) is 22.5 Å². The van der Waals surface area contributed by atoms with Crippen LogP contribution in [0.2, 0.25) is 0 Å². The maximum Gasteiger partial charge on any atom is 0.410 e. The fourth-order valence-electron chi connectivity index (χ4n) is 4.39. The van der Waals surface area contributed by atoms with Gasteiger partial charge in [-0.25, -0.2) is 4.79 Å². The summed E-state index contributed by atoms with van der Waals surface area (Å²) in [7, 11) is 0. The number of amides is 1. The number of carbonyl (C=O) groups excluding carboxylic acids is 1. The Morgan fingerprint density at radius 1 is 1.09 bits per heavy atom. The molecule has 1 saturated heterocycles. The molecular weight excluding hydrogens is 434 g/mol. The number of carbonyl (C=O) groups is 1. The van der Waals surface area contributed by atoms with Gasteiger partial charge in [-0.05, 0) is 93.5 Å². The Kier molecular flexibility index (Phi) is 7.31. The van der Waals surface area contributed by atoms with Gasteiger partial charge < -0.3 is 14.2 Å². The second-order valence-corrected chi connectivity index (χ2v) is 11.5. The Balaban J connectivity index is 1.36. The normalized spacial score (nSPS) is 18.4. The minimum atomic E-state index is -0.970. The molecule has 0 N–H and O–H groups in total. The van der Waals surface area contributed by atoms with Gasteiger partial charge in [0.15, 0.2) is 4.90 Å². The van der Waals surface area contributed by atoms with Crippen molar-refractivity contribution in [1.29, 1.82) is 0 Å². The molecule has 1 unspecified atom stereocenters. The summed E-state index contributed by atoms with van der Waals surface area (Å²) in [6.07, 6.45) is 7.93. The van der Waals surface area contributed by atoms with Crippen molar-refractivity contribution in [3.8, 4) is 11.3 Å². The summed E-state index contributed by atoms with van der Waals surface area (Å²) in [6, 6.07) is 13.1. The van der Waals surface area contributed by atoms with Gasteiger partial charge in [0, 0.05) is 43.5 Å². The number of ether oxygens (including phenoxy) is 1. The number of benzene rings is 1. The van der Waals surface area contributed by atoms with Crippen molar-refractivity contribution in [3.05, 3.63) is 48.2 Å². The average molecular weight is 470 g/mol. The first-order valence-corrected chi connectivity index (χ1v) is 13.4. The van der Waals surface area contributed by atoms with Crippen LogP contribution in [0.5, 0.6) is 0 Å². The zero-order valence-corrected chi connectivity index (χ0v) is 20.9. The Morgan fingerprint density at radius 3 is 2.24 bits per heavy atom. The van der Waals surface area contributed by atoms with Crippen molar-refractivity contribution in [3.63, 3.8) is 0 Å². The molecule has 1 amide bonds. The number of hydrogen-bond acceptors (Lipinski definition) is 5. The predicted octanol–water partition coefficient (Wildman–Crippen LogP) is 4.85. The van der Waals surface area contributed by atoms with Gasteiger partial charge in [-0.2, -0.15) is 0 Å². The maximum atomic E-state index is 12.4. The highest BCUT2D eigenvalue weighted by molar-refractivity contribution is 7.90. The van der Waals surface area contributed by atoms with Crippen LogP contribution in [0, 0.1) is 0 Å². The molecule has 33 heavy (non-hydrogen) atoms. The highest BCUT2D eigenvalue weighted by Gasteiger charge is 2.36. The third-order valence-corrected chi connectivity index (χ3v) is 7.21. The third-order valence-electron chi connectivity index (χ3n) is 6.27. The molecule has 2 aliphatic rings. The van der Waals surface area contributed by atoms with Crippen LogP contribution in [0.4, 0.5) is 4.79 Å². The average Bonchev–Trinajstić information content (AvgIpc) is 3.62. The lowest BCUT2D eigenvalue weighted by atomic mass is 10.0. The molecule has 2 aromatic rings. The van der Waals surface area contributed by atoms with E-state index in [0.717, 1.165) is 48.6 Å². The predicted molar refractivity (Wildman–Crippen MR) is 131 cm³/mol. The first kappa shape index (κ1) is 24.0. The van der Waals surface area contributed by atoms with Gasteiger partial charge in [-0.1, -0.05) is 6.07 Å². The number of hydrogen-bond donors (Lipinski definition) is 0. The van der Waals surface area contributed by atoms with Crippen LogP contribution in [0.1, 0.15) is 52.0 Å². The number of rotatable bonds is 6. The number of aromatic nitrogens is 1. The van der Waals surface area contributed by atoms with Crippen molar-refractivity contribution >= 4 is 17.3 Å². The van der Waals surface area contributed by atoms with Crippen LogP contribution in [-0.4, -0.2) is 62.5 Å². The molecule has 0 spiro atoms. The van der Waals surface area contributed by atoms with E-state index in [0.29, 0.717) is 12.1 Å². The van der Waals surface area contributed by atoms with Crippen molar-refractivity contribution in [2.45, 2.75) is 75.6 Å². The molecular formula is C26H35N3O3S. The van der Waals surface area contributed by atoms with Gasteiger partial charge in [-0.15, -0.1) is 0 Å². The van der Waals surface area contributed by atoms with E-state index in [1.807, 2.05) is 56.1 Å². The zero-order chi connectivity index (χ0) is 23.6. The van der Waals surface area contributed by atoms with E-state index in [-0.39, 0.29) is 6.09 Å². The minimum absolute atomic E-state index is 0.197. The smallest absolute Gasteiger partial charge is 0.410 e. The Bertz CT molecular complexity index is 929. The Labute approximate surface area is 200 Å². The number of piperidine rings is 1. The molecule has 2 fully saturated rings. The molecule has 4 rings (SSSR count). The second-order valence-electron chi connectivity index (χ2n) is 10.1. The number of nitrogens with zero attached hydrogens (tertiary/aromatic N) is 3. The zero-order valence-electron chi connectivity index (χ0n) is 20.1. The van der Waals surface area contributed by atoms with E-state index in [9.17, 15) is 9.35 Å². The van der Waals surface area contributed by atoms with Gasteiger partial charge in [0.2, 0.25) is 0 Å². The van der Waals surface area contributed by atoms with Gasteiger partial charge in [-0.3, -0.25) is 9.88 Å². The van der Waals surface area contributed by atoms with Crippen molar-refractivity contribution < 1.29 is 14.1 Å². The van der Waals surface area contributed by atoms with E-state index in [1.165, 1.54) is 18.4 Å². The Morgan fingerprint density at radius 2 is 1.73 bits per heavy atom. The first-order chi connectivity index (χ1) is 15.7. The topological polar surface area (TPSA) is 68.7 Å². The largest absolute Gasteiger partial charge is 0.612 e. The van der Waals surface area contributed by atoms with Gasteiger partial charge >= 0.3 is 6.09 Å². The molecule has 1 aliphatic carbocycles. The second kappa shape index (κ2) is 10.0. The van der Waals surface area contributed by atoms with E-state index in [2.05, 4.69) is 17.0 Å². The standard InChI is InChI=1S/C26H35N3O3S/c1-26(2,3)32-25(30)28-15-13-22(14-16-28)29(21-8-9-21)18-19-5-12-24(27-17-19)20-6-10-23(11-7-20)33(4)31/h5-7,10-12,17,21-22H,8-9,13-16,18H2,1-4H3. The van der Waals surface area contributed by atoms with Crippen molar-refractivity contribution in [2.75, 3.05) is 19.3 Å². The summed E-state index contributed by atoms with van der Waals surface area (Å²) in [6.45, 7) is 8.12. The quantitative estimate of drug-likeness (QED) is 0.566. The fraction of sp³-hybridized carbons (Fsp3) is 0.538. The van der Waals surface area contributed by atoms with Crippen LogP contribution < -0.4 is 0 Å². The summed E-state index contributed by atoms with van der Waals surface area (Å²) in [5.41, 5.74) is 2.72. The monoisotopic (exact) mass is 469 g/mol. The molecule has 6 nitrogen and oxygen atoms in total. The van der Waals surface area contributed by atoms with Crippen LogP contribution in [0.3, 0.4) is 0 Å². The number of likely N-dealkylation sites (tertiary alicyclic amines) is 1. The minimum Gasteiger partial charge on any atom is -0.612 e.